The third-order valence-corrected chi connectivity index (χ3v) is 7.07. The van der Waals surface area contributed by atoms with Crippen molar-refractivity contribution in [3.05, 3.63) is 0 Å². The van der Waals surface area contributed by atoms with Crippen molar-refractivity contribution in [2.75, 3.05) is 33.5 Å². The third-order valence-electron chi connectivity index (χ3n) is 7.07. The fraction of sp³-hybridized carbons (Fsp3) is 1.00. The van der Waals surface area contributed by atoms with E-state index in [1.807, 2.05) is 0 Å². The quantitative estimate of drug-likeness (QED) is 0.141. The molecule has 8 nitrogen and oxygen atoms in total. The van der Waals surface area contributed by atoms with Crippen LogP contribution in [0.15, 0.2) is 0 Å². The highest BCUT2D eigenvalue weighted by Gasteiger charge is 2.44. The van der Waals surface area contributed by atoms with Gasteiger partial charge in [0.15, 0.2) is 6.29 Å². The Labute approximate surface area is 219 Å². The van der Waals surface area contributed by atoms with Gasteiger partial charge in [-0.1, -0.05) is 103 Å². The van der Waals surface area contributed by atoms with Crippen LogP contribution in [-0.4, -0.2) is 90.8 Å². The molecule has 0 bridgehead atoms. The van der Waals surface area contributed by atoms with E-state index in [9.17, 15) is 20.4 Å². The van der Waals surface area contributed by atoms with Gasteiger partial charge in [-0.05, 0) is 6.42 Å². The van der Waals surface area contributed by atoms with Gasteiger partial charge in [0, 0.05) is 13.7 Å². The Balaban J connectivity index is 1.92. The molecule has 0 aromatic carbocycles. The van der Waals surface area contributed by atoms with Crippen LogP contribution < -0.4 is 0 Å². The largest absolute Gasteiger partial charge is 0.394 e. The molecule has 1 saturated heterocycles. The number of hydrogen-bond acceptors (Lipinski definition) is 8. The highest BCUT2D eigenvalue weighted by Crippen LogP contribution is 2.22. The van der Waals surface area contributed by atoms with Crippen LogP contribution in [0, 0.1) is 0 Å². The average Bonchev–Trinajstić information content (AvgIpc) is 2.89. The fourth-order valence-corrected chi connectivity index (χ4v) is 4.56. The SMILES string of the molecule is CCCCCCCCCCCCCCCCCCOCC(CO[C@@H]1O[C@H](CO)[C@@H](O)[C@H](O)[C@H]1O)OC. The molecule has 1 fully saturated rings. The van der Waals surface area contributed by atoms with Crippen LogP contribution in [0.25, 0.3) is 0 Å². The standard InChI is InChI=1S/C28H56O8/c1-3-4-5-6-7-8-9-10-11-12-13-14-15-16-17-18-19-34-21-23(33-2)22-35-28-27(32)26(31)25(30)24(20-29)36-28/h23-32H,3-22H2,1-2H3/t23?,24-,25-,26+,27-,28-/m1/s1. The minimum atomic E-state index is -1.45. The van der Waals surface area contributed by atoms with Gasteiger partial charge in [0.25, 0.3) is 0 Å². The molecule has 0 spiro atoms. The van der Waals surface area contributed by atoms with E-state index in [1.165, 1.54) is 89.9 Å². The summed E-state index contributed by atoms with van der Waals surface area (Å²) in [5.41, 5.74) is 0. The van der Waals surface area contributed by atoms with Crippen molar-refractivity contribution in [2.45, 2.75) is 146 Å². The Morgan fingerprint density at radius 1 is 0.667 bits per heavy atom. The van der Waals surface area contributed by atoms with Crippen molar-refractivity contribution < 1.29 is 39.4 Å². The second-order valence-electron chi connectivity index (χ2n) is 10.3. The molecular formula is C28H56O8. The molecule has 0 aliphatic carbocycles. The van der Waals surface area contributed by atoms with Gasteiger partial charge in [-0.3, -0.25) is 0 Å². The van der Waals surface area contributed by atoms with Crippen LogP contribution >= 0.6 is 0 Å². The van der Waals surface area contributed by atoms with Crippen LogP contribution in [0.4, 0.5) is 0 Å². The molecule has 1 unspecified atom stereocenters. The van der Waals surface area contributed by atoms with Gasteiger partial charge in [-0.25, -0.2) is 0 Å². The Bertz CT molecular complexity index is 478. The van der Waals surface area contributed by atoms with E-state index in [1.54, 1.807) is 7.11 Å². The van der Waals surface area contributed by atoms with E-state index in [2.05, 4.69) is 6.92 Å². The van der Waals surface area contributed by atoms with E-state index >= 15 is 0 Å². The highest BCUT2D eigenvalue weighted by molar-refractivity contribution is 4.89. The highest BCUT2D eigenvalue weighted by atomic mass is 16.7. The van der Waals surface area contributed by atoms with Crippen molar-refractivity contribution in [1.82, 2.24) is 0 Å². The van der Waals surface area contributed by atoms with Gasteiger partial charge in [0.05, 0.1) is 19.8 Å². The lowest BCUT2D eigenvalue weighted by molar-refractivity contribution is -0.305. The summed E-state index contributed by atoms with van der Waals surface area (Å²) in [5.74, 6) is 0. The van der Waals surface area contributed by atoms with Gasteiger partial charge in [-0.2, -0.15) is 0 Å². The molecule has 1 rings (SSSR count). The summed E-state index contributed by atoms with van der Waals surface area (Å²) in [5, 5.41) is 38.9. The monoisotopic (exact) mass is 520 g/mol. The van der Waals surface area contributed by atoms with E-state index < -0.39 is 37.3 Å². The van der Waals surface area contributed by atoms with Gasteiger partial charge < -0.3 is 39.4 Å². The first-order chi connectivity index (χ1) is 17.5. The minimum absolute atomic E-state index is 0.0954. The predicted molar refractivity (Wildman–Crippen MR) is 141 cm³/mol. The number of aliphatic hydroxyl groups is 4. The lowest BCUT2D eigenvalue weighted by atomic mass is 9.99. The van der Waals surface area contributed by atoms with Crippen molar-refractivity contribution in [2.24, 2.45) is 0 Å². The summed E-state index contributed by atoms with van der Waals surface area (Å²) in [6.45, 7) is 2.90. The molecule has 1 aliphatic heterocycles. The summed E-state index contributed by atoms with van der Waals surface area (Å²) in [4.78, 5) is 0. The lowest BCUT2D eigenvalue weighted by Gasteiger charge is -2.39. The summed E-state index contributed by atoms with van der Waals surface area (Å²) in [7, 11) is 1.55. The van der Waals surface area contributed by atoms with E-state index in [0.29, 0.717) is 13.2 Å². The van der Waals surface area contributed by atoms with Crippen molar-refractivity contribution in [1.29, 1.82) is 0 Å². The first kappa shape index (κ1) is 33.7. The fourth-order valence-electron chi connectivity index (χ4n) is 4.56. The molecule has 1 heterocycles. The normalized spacial score (nSPS) is 25.3. The van der Waals surface area contributed by atoms with E-state index in [0.717, 1.165) is 12.8 Å². The Morgan fingerprint density at radius 2 is 1.17 bits per heavy atom. The first-order valence-corrected chi connectivity index (χ1v) is 14.6. The Kier molecular flexibility index (Phi) is 21.2. The first-order valence-electron chi connectivity index (χ1n) is 14.6. The molecular weight excluding hydrogens is 464 g/mol. The molecule has 0 radical (unpaired) electrons. The number of unbranched alkanes of at least 4 members (excludes halogenated alkanes) is 15. The Hall–Kier alpha value is -0.320. The second kappa shape index (κ2) is 22.6. The van der Waals surface area contributed by atoms with Gasteiger partial charge in [-0.15, -0.1) is 0 Å². The molecule has 4 N–H and O–H groups in total. The van der Waals surface area contributed by atoms with Gasteiger partial charge in [0.1, 0.15) is 30.5 Å². The Morgan fingerprint density at radius 3 is 1.64 bits per heavy atom. The zero-order valence-electron chi connectivity index (χ0n) is 23.0. The predicted octanol–water partition coefficient (Wildman–Crippen LogP) is 4.10. The zero-order chi connectivity index (χ0) is 26.4. The molecule has 0 saturated carbocycles. The number of methoxy groups -OCH3 is 1. The second-order valence-corrected chi connectivity index (χ2v) is 10.3. The van der Waals surface area contributed by atoms with Crippen molar-refractivity contribution in [3.63, 3.8) is 0 Å². The molecule has 8 heteroatoms. The molecule has 36 heavy (non-hydrogen) atoms. The maximum absolute atomic E-state index is 10.0. The van der Waals surface area contributed by atoms with Crippen molar-refractivity contribution in [3.8, 4) is 0 Å². The number of hydrogen-bond donors (Lipinski definition) is 4. The van der Waals surface area contributed by atoms with Crippen molar-refractivity contribution >= 4 is 0 Å². The topological polar surface area (TPSA) is 118 Å². The zero-order valence-corrected chi connectivity index (χ0v) is 23.0. The summed E-state index contributed by atoms with van der Waals surface area (Å²) < 4.78 is 21.9. The van der Waals surface area contributed by atoms with Crippen LogP contribution in [0.5, 0.6) is 0 Å². The molecule has 0 aromatic rings. The average molecular weight is 521 g/mol. The molecule has 1 aliphatic rings. The minimum Gasteiger partial charge on any atom is -0.394 e. The summed E-state index contributed by atoms with van der Waals surface area (Å²) in [6, 6.07) is 0. The lowest BCUT2D eigenvalue weighted by Crippen LogP contribution is -2.59. The maximum Gasteiger partial charge on any atom is 0.186 e. The van der Waals surface area contributed by atoms with Gasteiger partial charge >= 0.3 is 0 Å². The maximum atomic E-state index is 10.0. The van der Waals surface area contributed by atoms with Crippen LogP contribution in [0.3, 0.4) is 0 Å². The van der Waals surface area contributed by atoms with E-state index in [4.69, 9.17) is 18.9 Å². The summed E-state index contributed by atoms with van der Waals surface area (Å²) in [6.07, 6.45) is 14.7. The number of aliphatic hydroxyl groups excluding tert-OH is 4. The molecule has 0 amide bonds. The van der Waals surface area contributed by atoms with Crippen LogP contribution in [-0.2, 0) is 18.9 Å². The molecule has 6 atom stereocenters. The molecule has 216 valence electrons. The van der Waals surface area contributed by atoms with Crippen LogP contribution in [0.1, 0.15) is 110 Å². The third kappa shape index (κ3) is 15.2. The number of ether oxygens (including phenoxy) is 4. The number of rotatable bonds is 24. The summed E-state index contributed by atoms with van der Waals surface area (Å²) >= 11 is 0. The van der Waals surface area contributed by atoms with E-state index in [-0.39, 0.29) is 12.7 Å². The van der Waals surface area contributed by atoms with Crippen LogP contribution in [0.2, 0.25) is 0 Å². The smallest absolute Gasteiger partial charge is 0.186 e. The molecule has 0 aromatic heterocycles. The van der Waals surface area contributed by atoms with Gasteiger partial charge in [0.2, 0.25) is 0 Å².